The van der Waals surface area contributed by atoms with Gasteiger partial charge >= 0.3 is 5.97 Å². The third-order valence-electron chi connectivity index (χ3n) is 4.29. The molecule has 1 aromatic heterocycles. The van der Waals surface area contributed by atoms with Crippen molar-refractivity contribution in [2.24, 2.45) is 7.05 Å². The molecule has 3 rings (SSSR count). The Labute approximate surface area is 162 Å². The number of hydrogen-bond donors (Lipinski definition) is 1. The second-order valence-electron chi connectivity index (χ2n) is 6.49. The van der Waals surface area contributed by atoms with Crippen LogP contribution in [0.1, 0.15) is 17.8 Å². The van der Waals surface area contributed by atoms with Crippen LogP contribution >= 0.6 is 0 Å². The Balaban J connectivity index is 1.54. The lowest BCUT2D eigenvalue weighted by molar-refractivity contribution is -0.147. The molecular weight excluding hydrogens is 358 g/mol. The van der Waals surface area contributed by atoms with E-state index in [-0.39, 0.29) is 25.0 Å². The Morgan fingerprint density at radius 1 is 1.14 bits per heavy atom. The molecule has 1 heterocycles. The summed E-state index contributed by atoms with van der Waals surface area (Å²) in [6.45, 7) is 1.56. The highest BCUT2D eigenvalue weighted by Gasteiger charge is 2.12. The highest BCUT2D eigenvalue weighted by Crippen LogP contribution is 2.10. The molecular formula is C21H21N3O4. The van der Waals surface area contributed by atoms with Gasteiger partial charge in [-0.3, -0.25) is 19.0 Å². The number of para-hydroxylation sites is 1. The van der Waals surface area contributed by atoms with Gasteiger partial charge < -0.3 is 10.1 Å². The molecule has 0 bridgehead atoms. The maximum Gasteiger partial charge on any atom is 0.306 e. The number of carbonyl (C=O) groups is 2. The number of aryl methyl sites for hydroxylation is 2. The lowest BCUT2D eigenvalue weighted by Crippen LogP contribution is -2.24. The quantitative estimate of drug-likeness (QED) is 0.664. The average Bonchev–Trinajstić information content (AvgIpc) is 2.68. The number of ether oxygens (including phenoxy) is 1. The van der Waals surface area contributed by atoms with Crippen molar-refractivity contribution >= 4 is 28.5 Å². The first-order valence-corrected chi connectivity index (χ1v) is 8.91. The Morgan fingerprint density at radius 2 is 1.93 bits per heavy atom. The van der Waals surface area contributed by atoms with Crippen molar-refractivity contribution < 1.29 is 14.3 Å². The van der Waals surface area contributed by atoms with E-state index < -0.39 is 11.9 Å². The number of nitrogens with one attached hydrogen (secondary N) is 1. The van der Waals surface area contributed by atoms with Crippen LogP contribution in [0.5, 0.6) is 0 Å². The Hall–Kier alpha value is -3.48. The molecule has 28 heavy (non-hydrogen) atoms. The van der Waals surface area contributed by atoms with Crippen molar-refractivity contribution in [3.63, 3.8) is 0 Å². The molecule has 0 aliphatic rings. The van der Waals surface area contributed by atoms with E-state index in [1.807, 2.05) is 25.1 Å². The number of benzene rings is 2. The van der Waals surface area contributed by atoms with E-state index in [1.54, 1.807) is 37.4 Å². The van der Waals surface area contributed by atoms with Gasteiger partial charge in [0.15, 0.2) is 6.61 Å². The van der Waals surface area contributed by atoms with Crippen molar-refractivity contribution in [2.45, 2.75) is 19.8 Å². The van der Waals surface area contributed by atoms with E-state index in [2.05, 4.69) is 10.3 Å². The van der Waals surface area contributed by atoms with E-state index in [0.717, 1.165) is 5.56 Å². The fraction of sp³-hybridized carbons (Fsp3) is 0.238. The molecule has 0 fully saturated rings. The molecule has 0 aliphatic carbocycles. The summed E-state index contributed by atoms with van der Waals surface area (Å²) in [7, 11) is 1.62. The number of nitrogens with zero attached hydrogens (tertiary/aromatic N) is 2. The molecule has 2 aromatic carbocycles. The molecule has 0 spiro atoms. The summed E-state index contributed by atoms with van der Waals surface area (Å²) in [6, 6.07) is 14.4. The minimum absolute atomic E-state index is 0.0242. The molecule has 0 aliphatic heterocycles. The first kappa shape index (κ1) is 19.3. The van der Waals surface area contributed by atoms with E-state index in [4.69, 9.17) is 4.74 Å². The van der Waals surface area contributed by atoms with Gasteiger partial charge in [-0.25, -0.2) is 4.98 Å². The van der Waals surface area contributed by atoms with Crippen molar-refractivity contribution in [1.82, 2.24) is 9.55 Å². The van der Waals surface area contributed by atoms with Gasteiger partial charge in [0, 0.05) is 19.2 Å². The van der Waals surface area contributed by atoms with E-state index in [0.29, 0.717) is 22.4 Å². The third-order valence-corrected chi connectivity index (χ3v) is 4.29. The van der Waals surface area contributed by atoms with Crippen molar-refractivity contribution in [3.05, 3.63) is 70.3 Å². The van der Waals surface area contributed by atoms with Gasteiger partial charge in [0.1, 0.15) is 5.82 Å². The Morgan fingerprint density at radius 3 is 2.71 bits per heavy atom. The molecule has 7 nitrogen and oxygen atoms in total. The van der Waals surface area contributed by atoms with Crippen LogP contribution < -0.4 is 10.9 Å². The average molecular weight is 379 g/mol. The SMILES string of the molecule is Cc1cccc(NC(=O)COC(=O)CCc2nc3ccccc3c(=O)n2C)c1. The predicted molar refractivity (Wildman–Crippen MR) is 106 cm³/mol. The lowest BCUT2D eigenvalue weighted by atomic mass is 10.2. The summed E-state index contributed by atoms with van der Waals surface area (Å²) < 4.78 is 6.45. The van der Waals surface area contributed by atoms with Gasteiger partial charge in [0.25, 0.3) is 11.5 Å². The maximum atomic E-state index is 12.4. The van der Waals surface area contributed by atoms with Crippen LogP contribution in [-0.4, -0.2) is 28.0 Å². The second kappa shape index (κ2) is 8.47. The van der Waals surface area contributed by atoms with Gasteiger partial charge in [-0.2, -0.15) is 0 Å². The molecule has 1 N–H and O–H groups in total. The highest BCUT2D eigenvalue weighted by atomic mass is 16.5. The van der Waals surface area contributed by atoms with Gasteiger partial charge in [-0.1, -0.05) is 24.3 Å². The van der Waals surface area contributed by atoms with Crippen LogP contribution in [-0.2, 0) is 27.8 Å². The van der Waals surface area contributed by atoms with Crippen LogP contribution in [0.2, 0.25) is 0 Å². The molecule has 3 aromatic rings. The van der Waals surface area contributed by atoms with Gasteiger partial charge in [-0.05, 0) is 36.8 Å². The predicted octanol–water partition coefficient (Wildman–Crippen LogP) is 2.36. The molecule has 0 saturated carbocycles. The molecule has 7 heteroatoms. The van der Waals surface area contributed by atoms with Gasteiger partial charge in [-0.15, -0.1) is 0 Å². The Kier molecular flexibility index (Phi) is 5.84. The smallest absolute Gasteiger partial charge is 0.306 e. The zero-order valence-electron chi connectivity index (χ0n) is 15.8. The number of amides is 1. The third kappa shape index (κ3) is 4.62. The number of rotatable bonds is 6. The van der Waals surface area contributed by atoms with Crippen molar-refractivity contribution in [2.75, 3.05) is 11.9 Å². The van der Waals surface area contributed by atoms with Crippen molar-refractivity contribution in [1.29, 1.82) is 0 Å². The normalized spacial score (nSPS) is 10.6. The molecule has 0 saturated heterocycles. The maximum absolute atomic E-state index is 12.4. The number of fused-ring (bicyclic) bond motifs is 1. The molecule has 0 unspecified atom stereocenters. The minimum atomic E-state index is -0.526. The zero-order valence-corrected chi connectivity index (χ0v) is 15.8. The number of hydrogen-bond acceptors (Lipinski definition) is 5. The van der Waals surface area contributed by atoms with Gasteiger partial charge in [0.2, 0.25) is 0 Å². The van der Waals surface area contributed by atoms with E-state index in [1.165, 1.54) is 4.57 Å². The number of esters is 1. The van der Waals surface area contributed by atoms with Crippen molar-refractivity contribution in [3.8, 4) is 0 Å². The summed E-state index contributed by atoms with van der Waals surface area (Å²) in [6.07, 6.45) is 0.269. The van der Waals surface area contributed by atoms with E-state index in [9.17, 15) is 14.4 Å². The standard InChI is InChI=1S/C21H21N3O4/c1-14-6-5-7-15(12-14)22-19(25)13-28-20(26)11-10-18-23-17-9-4-3-8-16(17)21(27)24(18)2/h3-9,12H,10-11,13H2,1-2H3,(H,22,25). The summed E-state index contributed by atoms with van der Waals surface area (Å²) >= 11 is 0. The Bertz CT molecular complexity index is 1090. The van der Waals surface area contributed by atoms with Crippen LogP contribution in [0, 0.1) is 6.92 Å². The minimum Gasteiger partial charge on any atom is -0.456 e. The van der Waals surface area contributed by atoms with E-state index >= 15 is 0 Å². The number of carbonyl (C=O) groups excluding carboxylic acids is 2. The lowest BCUT2D eigenvalue weighted by Gasteiger charge is -2.09. The number of aromatic nitrogens is 2. The second-order valence-corrected chi connectivity index (χ2v) is 6.49. The summed E-state index contributed by atoms with van der Waals surface area (Å²) in [5.41, 5.74) is 2.10. The topological polar surface area (TPSA) is 90.3 Å². The molecule has 1 amide bonds. The summed E-state index contributed by atoms with van der Waals surface area (Å²) in [4.78, 5) is 40.7. The number of anilines is 1. The highest BCUT2D eigenvalue weighted by molar-refractivity contribution is 5.92. The monoisotopic (exact) mass is 379 g/mol. The van der Waals surface area contributed by atoms with Crippen LogP contribution in [0.3, 0.4) is 0 Å². The largest absolute Gasteiger partial charge is 0.456 e. The van der Waals surface area contributed by atoms with Crippen LogP contribution in [0.25, 0.3) is 10.9 Å². The van der Waals surface area contributed by atoms with Crippen LogP contribution in [0.15, 0.2) is 53.3 Å². The molecule has 0 atom stereocenters. The zero-order chi connectivity index (χ0) is 20.1. The summed E-state index contributed by atoms with van der Waals surface area (Å²) in [5, 5.41) is 3.21. The first-order valence-electron chi connectivity index (χ1n) is 8.91. The van der Waals surface area contributed by atoms with Crippen LogP contribution in [0.4, 0.5) is 5.69 Å². The first-order chi connectivity index (χ1) is 13.4. The fourth-order valence-corrected chi connectivity index (χ4v) is 2.84. The fourth-order valence-electron chi connectivity index (χ4n) is 2.84. The molecule has 0 radical (unpaired) electrons. The summed E-state index contributed by atoms with van der Waals surface area (Å²) in [5.74, 6) is -0.443. The van der Waals surface area contributed by atoms with Gasteiger partial charge in [0.05, 0.1) is 17.3 Å². The molecule has 144 valence electrons.